The molecule has 1 unspecified atom stereocenters. The van der Waals surface area contributed by atoms with Crippen LogP contribution < -0.4 is 0 Å². The first kappa shape index (κ1) is 20.6. The standard InChI is InChI=1S/C31H26S/c1-22-13-17-24(18-14-22)28-21-29(25-9-5-3-6-10-25)32-31(27-19-15-23(2)16-20-27)30(28)26-11-7-4-8-12-26/h3-21,31H,1-2H3. The smallest absolute Gasteiger partial charge is 0.0606 e. The summed E-state index contributed by atoms with van der Waals surface area (Å²) in [6.45, 7) is 4.30. The van der Waals surface area contributed by atoms with Crippen molar-refractivity contribution >= 4 is 27.8 Å². The van der Waals surface area contributed by atoms with Crippen molar-refractivity contribution in [2.24, 2.45) is 0 Å². The van der Waals surface area contributed by atoms with Gasteiger partial charge in [-0.15, -0.1) is 11.8 Å². The van der Waals surface area contributed by atoms with Gasteiger partial charge in [0.2, 0.25) is 0 Å². The van der Waals surface area contributed by atoms with Gasteiger partial charge in [0.1, 0.15) is 0 Å². The highest BCUT2D eigenvalue weighted by molar-refractivity contribution is 8.09. The van der Waals surface area contributed by atoms with Gasteiger partial charge < -0.3 is 0 Å². The van der Waals surface area contributed by atoms with Crippen LogP contribution in [0.1, 0.15) is 38.6 Å². The van der Waals surface area contributed by atoms with E-state index in [1.165, 1.54) is 49.4 Å². The molecule has 0 nitrogen and oxygen atoms in total. The molecule has 0 amide bonds. The Morgan fingerprint density at radius 2 is 1.06 bits per heavy atom. The zero-order valence-electron chi connectivity index (χ0n) is 18.5. The van der Waals surface area contributed by atoms with Crippen molar-refractivity contribution < 1.29 is 0 Å². The van der Waals surface area contributed by atoms with E-state index in [1.807, 2.05) is 11.8 Å². The maximum Gasteiger partial charge on any atom is 0.0606 e. The molecular weight excluding hydrogens is 404 g/mol. The quantitative estimate of drug-likeness (QED) is 0.312. The zero-order valence-corrected chi connectivity index (χ0v) is 19.3. The molecule has 0 aromatic heterocycles. The number of thioether (sulfide) groups is 1. The van der Waals surface area contributed by atoms with Gasteiger partial charge in [-0.1, -0.05) is 120 Å². The molecule has 1 heterocycles. The van der Waals surface area contributed by atoms with Crippen molar-refractivity contribution in [3.63, 3.8) is 0 Å². The van der Waals surface area contributed by atoms with E-state index in [0.717, 1.165) is 0 Å². The SMILES string of the molecule is Cc1ccc(C2=C(c3ccccc3)C(c3ccc(C)cc3)SC(c3ccccc3)=C2)cc1. The Labute approximate surface area is 195 Å². The number of benzene rings is 4. The van der Waals surface area contributed by atoms with Crippen molar-refractivity contribution in [3.05, 3.63) is 149 Å². The molecule has 0 aliphatic carbocycles. The average Bonchev–Trinajstić information content (AvgIpc) is 2.85. The van der Waals surface area contributed by atoms with Crippen LogP contribution >= 0.6 is 11.8 Å². The van der Waals surface area contributed by atoms with Crippen molar-refractivity contribution in [3.8, 4) is 0 Å². The van der Waals surface area contributed by atoms with Gasteiger partial charge in [-0.3, -0.25) is 0 Å². The monoisotopic (exact) mass is 430 g/mol. The lowest BCUT2D eigenvalue weighted by atomic mass is 9.88. The highest BCUT2D eigenvalue weighted by Gasteiger charge is 2.28. The molecule has 5 rings (SSSR count). The van der Waals surface area contributed by atoms with Crippen molar-refractivity contribution in [2.45, 2.75) is 19.1 Å². The molecular formula is C31H26S. The van der Waals surface area contributed by atoms with Gasteiger partial charge >= 0.3 is 0 Å². The lowest BCUT2D eigenvalue weighted by molar-refractivity contribution is 1.23. The summed E-state index contributed by atoms with van der Waals surface area (Å²) in [7, 11) is 0. The molecule has 0 N–H and O–H groups in total. The van der Waals surface area contributed by atoms with Gasteiger partial charge in [0, 0.05) is 4.91 Å². The summed E-state index contributed by atoms with van der Waals surface area (Å²) in [5.41, 5.74) is 10.4. The molecule has 0 spiro atoms. The first-order valence-electron chi connectivity index (χ1n) is 11.1. The van der Waals surface area contributed by atoms with E-state index in [1.54, 1.807) is 0 Å². The fourth-order valence-electron chi connectivity index (χ4n) is 4.20. The second kappa shape index (κ2) is 9.06. The largest absolute Gasteiger partial charge is 0.112 e. The molecule has 0 bridgehead atoms. The molecule has 1 heteroatoms. The maximum absolute atomic E-state index is 2.39. The summed E-state index contributed by atoms with van der Waals surface area (Å²) >= 11 is 1.95. The first-order chi connectivity index (χ1) is 15.7. The highest BCUT2D eigenvalue weighted by Crippen LogP contribution is 2.54. The van der Waals surface area contributed by atoms with Crippen LogP contribution in [-0.2, 0) is 0 Å². The van der Waals surface area contributed by atoms with Gasteiger partial charge in [-0.2, -0.15) is 0 Å². The van der Waals surface area contributed by atoms with Crippen LogP contribution in [0.5, 0.6) is 0 Å². The van der Waals surface area contributed by atoms with E-state index in [-0.39, 0.29) is 5.25 Å². The molecule has 1 aliphatic rings. The van der Waals surface area contributed by atoms with Gasteiger partial charge in [0.05, 0.1) is 5.25 Å². The van der Waals surface area contributed by atoms with Gasteiger partial charge in [0.15, 0.2) is 0 Å². The molecule has 0 saturated carbocycles. The summed E-state index contributed by atoms with van der Waals surface area (Å²) in [5.74, 6) is 0. The molecule has 1 aliphatic heterocycles. The summed E-state index contributed by atoms with van der Waals surface area (Å²) in [6, 6.07) is 39.6. The van der Waals surface area contributed by atoms with E-state index in [0.29, 0.717) is 0 Å². The Balaban J connectivity index is 1.78. The summed E-state index contributed by atoms with van der Waals surface area (Å²) in [4.78, 5) is 1.31. The van der Waals surface area contributed by atoms with Crippen LogP contribution in [0.2, 0.25) is 0 Å². The number of aryl methyl sites for hydroxylation is 2. The number of hydrogen-bond acceptors (Lipinski definition) is 1. The molecule has 4 aromatic rings. The molecule has 1 atom stereocenters. The van der Waals surface area contributed by atoms with E-state index >= 15 is 0 Å². The number of hydrogen-bond donors (Lipinski definition) is 0. The Morgan fingerprint density at radius 3 is 1.66 bits per heavy atom. The second-order valence-electron chi connectivity index (χ2n) is 8.34. The number of allylic oxidation sites excluding steroid dienone is 2. The van der Waals surface area contributed by atoms with Crippen molar-refractivity contribution in [1.29, 1.82) is 0 Å². The Bertz CT molecular complexity index is 1260. The summed E-state index contributed by atoms with van der Waals surface area (Å²) in [5, 5.41) is 0.217. The Hall–Kier alpha value is -3.29. The van der Waals surface area contributed by atoms with E-state index in [4.69, 9.17) is 0 Å². The van der Waals surface area contributed by atoms with Gasteiger partial charge in [-0.05, 0) is 53.3 Å². The normalized spacial score (nSPS) is 16.1. The molecule has 4 aromatic carbocycles. The minimum absolute atomic E-state index is 0.217. The van der Waals surface area contributed by atoms with Crippen LogP contribution in [0, 0.1) is 13.8 Å². The summed E-state index contributed by atoms with van der Waals surface area (Å²) < 4.78 is 0. The van der Waals surface area contributed by atoms with Gasteiger partial charge in [0.25, 0.3) is 0 Å². The highest BCUT2D eigenvalue weighted by atomic mass is 32.2. The average molecular weight is 431 g/mol. The molecule has 32 heavy (non-hydrogen) atoms. The fraction of sp³-hybridized carbons (Fsp3) is 0.0968. The van der Waals surface area contributed by atoms with Crippen LogP contribution in [-0.4, -0.2) is 0 Å². The Morgan fingerprint density at radius 1 is 0.531 bits per heavy atom. The minimum Gasteiger partial charge on any atom is -0.112 e. The summed E-state index contributed by atoms with van der Waals surface area (Å²) in [6.07, 6.45) is 2.39. The third-order valence-corrected chi connectivity index (χ3v) is 7.31. The lowest BCUT2D eigenvalue weighted by Gasteiger charge is -2.30. The van der Waals surface area contributed by atoms with Crippen molar-refractivity contribution in [2.75, 3.05) is 0 Å². The number of rotatable bonds is 4. The third-order valence-electron chi connectivity index (χ3n) is 5.96. The minimum atomic E-state index is 0.217. The second-order valence-corrected chi connectivity index (χ2v) is 9.49. The molecule has 0 radical (unpaired) electrons. The van der Waals surface area contributed by atoms with E-state index in [9.17, 15) is 0 Å². The third kappa shape index (κ3) is 4.22. The molecule has 0 saturated heterocycles. The van der Waals surface area contributed by atoms with Crippen LogP contribution in [0.25, 0.3) is 16.1 Å². The zero-order chi connectivity index (χ0) is 21.9. The predicted molar refractivity (Wildman–Crippen MR) is 140 cm³/mol. The maximum atomic E-state index is 2.39. The van der Waals surface area contributed by atoms with Crippen LogP contribution in [0.4, 0.5) is 0 Å². The van der Waals surface area contributed by atoms with Gasteiger partial charge in [-0.25, -0.2) is 0 Å². The Kier molecular flexibility index (Phi) is 5.83. The van der Waals surface area contributed by atoms with E-state index < -0.39 is 0 Å². The fourth-order valence-corrected chi connectivity index (χ4v) is 5.58. The predicted octanol–water partition coefficient (Wildman–Crippen LogP) is 8.74. The molecule has 156 valence electrons. The lowest BCUT2D eigenvalue weighted by Crippen LogP contribution is -2.06. The first-order valence-corrected chi connectivity index (χ1v) is 11.9. The molecule has 0 fully saturated rings. The van der Waals surface area contributed by atoms with E-state index in [2.05, 4.69) is 129 Å². The van der Waals surface area contributed by atoms with Crippen LogP contribution in [0.3, 0.4) is 0 Å². The van der Waals surface area contributed by atoms with Crippen molar-refractivity contribution in [1.82, 2.24) is 0 Å². The topological polar surface area (TPSA) is 0 Å². The van der Waals surface area contributed by atoms with Crippen LogP contribution in [0.15, 0.2) is 115 Å².